The molecule has 5 rings (SSSR count). The molecule has 1 fully saturated rings. The van der Waals surface area contributed by atoms with E-state index in [0.29, 0.717) is 43.3 Å². The molecule has 2 aromatic heterocycles. The van der Waals surface area contributed by atoms with Crippen LogP contribution in [0.3, 0.4) is 0 Å². The highest BCUT2D eigenvalue weighted by atomic mass is 32.2. The zero-order valence-electron chi connectivity index (χ0n) is 21.5. The van der Waals surface area contributed by atoms with Crippen LogP contribution in [0.15, 0.2) is 94.4 Å². The zero-order valence-corrected chi connectivity index (χ0v) is 22.3. The monoisotopic (exact) mass is 542 g/mol. The summed E-state index contributed by atoms with van der Waals surface area (Å²) in [5, 5.41) is 12.3. The van der Waals surface area contributed by atoms with Gasteiger partial charge in [-0.1, -0.05) is 18.2 Å². The van der Waals surface area contributed by atoms with Crippen molar-refractivity contribution in [2.45, 2.75) is 11.3 Å². The largest absolute Gasteiger partial charge is 0.459 e. The fourth-order valence-electron chi connectivity index (χ4n) is 4.34. The second kappa shape index (κ2) is 12.6. The van der Waals surface area contributed by atoms with Crippen LogP contribution in [0.25, 0.3) is 11.3 Å². The fourth-order valence-corrected chi connectivity index (χ4v) is 5.17. The van der Waals surface area contributed by atoms with E-state index in [0.717, 1.165) is 29.1 Å². The minimum Gasteiger partial charge on any atom is -0.459 e. The van der Waals surface area contributed by atoms with Gasteiger partial charge in [-0.3, -0.25) is 9.59 Å². The van der Waals surface area contributed by atoms with Crippen LogP contribution in [0.1, 0.15) is 27.3 Å². The third kappa shape index (κ3) is 6.68. The summed E-state index contributed by atoms with van der Waals surface area (Å²) in [5.41, 5.74) is 3.33. The molecule has 1 aliphatic heterocycles. The third-order valence-electron chi connectivity index (χ3n) is 6.46. The molecule has 0 spiro atoms. The maximum absolute atomic E-state index is 13.0. The van der Waals surface area contributed by atoms with Crippen molar-refractivity contribution in [3.63, 3.8) is 0 Å². The van der Waals surface area contributed by atoms with Crippen LogP contribution in [-0.4, -0.2) is 70.2 Å². The number of nitrogens with zero attached hydrogens (tertiary/aromatic N) is 3. The van der Waals surface area contributed by atoms with Crippen LogP contribution < -0.4 is 5.32 Å². The Morgan fingerprint density at radius 3 is 2.26 bits per heavy atom. The summed E-state index contributed by atoms with van der Waals surface area (Å²) in [6.07, 6.45) is 2.27. The first-order valence-electron chi connectivity index (χ1n) is 12.9. The number of benzene rings is 2. The van der Waals surface area contributed by atoms with Gasteiger partial charge in [-0.05, 0) is 67.1 Å². The summed E-state index contributed by atoms with van der Waals surface area (Å²) in [4.78, 5) is 34.9. The summed E-state index contributed by atoms with van der Waals surface area (Å²) >= 11 is 1.73. The lowest BCUT2D eigenvalue weighted by Gasteiger charge is -2.34. The Labute approximate surface area is 231 Å². The molecule has 0 unspecified atom stereocenters. The quantitative estimate of drug-likeness (QED) is 0.223. The summed E-state index contributed by atoms with van der Waals surface area (Å²) in [5.74, 6) is 1.72. The molecule has 1 saturated heterocycles. The molecule has 9 heteroatoms. The van der Waals surface area contributed by atoms with Crippen molar-refractivity contribution in [3.05, 3.63) is 96.4 Å². The first-order chi connectivity index (χ1) is 19.1. The van der Waals surface area contributed by atoms with Crippen molar-refractivity contribution in [3.8, 4) is 11.3 Å². The second-order valence-electron chi connectivity index (χ2n) is 9.12. The number of aromatic nitrogens is 1. The molecule has 0 bridgehead atoms. The Morgan fingerprint density at radius 2 is 1.59 bits per heavy atom. The topological polar surface area (TPSA) is 98.9 Å². The van der Waals surface area contributed by atoms with E-state index in [-0.39, 0.29) is 18.4 Å². The van der Waals surface area contributed by atoms with E-state index in [4.69, 9.17) is 14.5 Å². The summed E-state index contributed by atoms with van der Waals surface area (Å²) in [6.45, 7) is 2.10. The molecule has 0 aliphatic carbocycles. The summed E-state index contributed by atoms with van der Waals surface area (Å²) < 4.78 is 5.20. The molecule has 1 aliphatic rings. The van der Waals surface area contributed by atoms with Gasteiger partial charge >= 0.3 is 0 Å². The van der Waals surface area contributed by atoms with Gasteiger partial charge < -0.3 is 24.6 Å². The van der Waals surface area contributed by atoms with Crippen molar-refractivity contribution in [1.82, 2.24) is 14.8 Å². The number of thioether (sulfide) groups is 1. The molecule has 3 heterocycles. The minimum atomic E-state index is -0.148. The number of anilines is 2. The van der Waals surface area contributed by atoms with Gasteiger partial charge in [-0.15, -0.1) is 11.8 Å². The van der Waals surface area contributed by atoms with Gasteiger partial charge in [0, 0.05) is 60.2 Å². The smallest absolute Gasteiger partial charge is 0.289 e. The number of piperazine rings is 1. The SMILES string of the molecule is O=C(c1ccc(Nc2cccc(-c3ccc(SCCCO)cc3)n2)cc1)N1CCN(C(=O)c2ccco2)CC1. The van der Waals surface area contributed by atoms with E-state index in [1.165, 1.54) is 11.2 Å². The Morgan fingerprint density at radius 1 is 0.872 bits per heavy atom. The molecule has 0 radical (unpaired) electrons. The zero-order chi connectivity index (χ0) is 27.0. The van der Waals surface area contributed by atoms with Gasteiger partial charge in [-0.25, -0.2) is 4.98 Å². The molecule has 2 amide bonds. The van der Waals surface area contributed by atoms with Gasteiger partial charge in [0.2, 0.25) is 0 Å². The van der Waals surface area contributed by atoms with E-state index in [1.807, 2.05) is 42.5 Å². The minimum absolute atomic E-state index is 0.0512. The molecule has 2 N–H and O–H groups in total. The highest BCUT2D eigenvalue weighted by molar-refractivity contribution is 7.99. The van der Waals surface area contributed by atoms with E-state index in [9.17, 15) is 9.59 Å². The van der Waals surface area contributed by atoms with Crippen molar-refractivity contribution in [2.75, 3.05) is 43.9 Å². The maximum Gasteiger partial charge on any atom is 0.289 e. The number of carbonyl (C=O) groups is 2. The van der Waals surface area contributed by atoms with E-state index in [2.05, 4.69) is 29.6 Å². The predicted molar refractivity (Wildman–Crippen MR) is 152 cm³/mol. The number of rotatable bonds is 9. The summed E-state index contributed by atoms with van der Waals surface area (Å²) in [7, 11) is 0. The summed E-state index contributed by atoms with van der Waals surface area (Å²) in [6, 6.07) is 24.8. The molecule has 4 aromatic rings. The highest BCUT2D eigenvalue weighted by Crippen LogP contribution is 2.25. The molecular weight excluding hydrogens is 512 g/mol. The number of furan rings is 1. The van der Waals surface area contributed by atoms with E-state index in [1.54, 1.807) is 33.7 Å². The van der Waals surface area contributed by atoms with Crippen LogP contribution in [0.2, 0.25) is 0 Å². The molecule has 39 heavy (non-hydrogen) atoms. The third-order valence-corrected chi connectivity index (χ3v) is 7.56. The Kier molecular flexibility index (Phi) is 8.60. The van der Waals surface area contributed by atoms with Gasteiger partial charge in [0.05, 0.1) is 12.0 Å². The fraction of sp³-hybridized carbons (Fsp3) is 0.233. The Hall–Kier alpha value is -4.08. The van der Waals surface area contributed by atoms with E-state index < -0.39 is 0 Å². The van der Waals surface area contributed by atoms with Crippen LogP contribution in [-0.2, 0) is 0 Å². The van der Waals surface area contributed by atoms with Crippen molar-refractivity contribution in [2.24, 2.45) is 0 Å². The molecular formula is C30H30N4O4S. The molecule has 200 valence electrons. The number of aliphatic hydroxyl groups is 1. The van der Waals surface area contributed by atoms with Crippen molar-refractivity contribution in [1.29, 1.82) is 0 Å². The lowest BCUT2D eigenvalue weighted by Crippen LogP contribution is -2.50. The lowest BCUT2D eigenvalue weighted by atomic mass is 10.1. The average molecular weight is 543 g/mol. The number of nitrogens with one attached hydrogen (secondary N) is 1. The van der Waals surface area contributed by atoms with Gasteiger partial charge in [0.25, 0.3) is 11.8 Å². The van der Waals surface area contributed by atoms with Crippen LogP contribution >= 0.6 is 11.8 Å². The maximum atomic E-state index is 13.0. The van der Waals surface area contributed by atoms with Crippen LogP contribution in [0.5, 0.6) is 0 Å². The highest BCUT2D eigenvalue weighted by Gasteiger charge is 2.26. The number of pyridine rings is 1. The Bertz CT molecular complexity index is 1380. The normalized spacial score (nSPS) is 13.4. The first-order valence-corrected chi connectivity index (χ1v) is 13.9. The first kappa shape index (κ1) is 26.5. The number of hydrogen-bond acceptors (Lipinski definition) is 7. The number of amides is 2. The molecule has 0 saturated carbocycles. The number of hydrogen-bond donors (Lipinski definition) is 2. The number of carbonyl (C=O) groups excluding carboxylic acids is 2. The second-order valence-corrected chi connectivity index (χ2v) is 10.3. The molecule has 8 nitrogen and oxygen atoms in total. The Balaban J connectivity index is 1.16. The van der Waals surface area contributed by atoms with Gasteiger partial charge in [0.15, 0.2) is 5.76 Å². The van der Waals surface area contributed by atoms with Gasteiger partial charge in [0.1, 0.15) is 5.82 Å². The lowest BCUT2D eigenvalue weighted by molar-refractivity contribution is 0.0518. The van der Waals surface area contributed by atoms with Crippen molar-refractivity contribution >= 4 is 35.1 Å². The standard InChI is InChI=1S/C30H30N4O4S/c35-19-3-21-39-25-13-9-22(10-14-25)26-4-1-6-28(32-26)31-24-11-7-23(8-12-24)29(36)33-15-17-34(18-16-33)30(37)27-5-2-20-38-27/h1-2,4-14,20,35H,3,15-19,21H2,(H,31,32). The molecule has 0 atom stereocenters. The number of aliphatic hydroxyl groups excluding tert-OH is 1. The van der Waals surface area contributed by atoms with Crippen molar-refractivity contribution < 1.29 is 19.1 Å². The average Bonchev–Trinajstić information content (AvgIpc) is 3.53. The predicted octanol–water partition coefficient (Wildman–Crippen LogP) is 5.16. The van der Waals surface area contributed by atoms with Crippen LogP contribution in [0, 0.1) is 0 Å². The molecule has 2 aromatic carbocycles. The van der Waals surface area contributed by atoms with E-state index >= 15 is 0 Å². The van der Waals surface area contributed by atoms with Crippen LogP contribution in [0.4, 0.5) is 11.5 Å². The van der Waals surface area contributed by atoms with Gasteiger partial charge in [-0.2, -0.15) is 0 Å².